The van der Waals surface area contributed by atoms with Gasteiger partial charge in [-0.1, -0.05) is 12.8 Å². The fourth-order valence-electron chi connectivity index (χ4n) is 5.70. The molecule has 9 heteroatoms. The second-order valence-corrected chi connectivity index (χ2v) is 10.6. The maximum absolute atomic E-state index is 13.4. The van der Waals surface area contributed by atoms with E-state index in [2.05, 4.69) is 40.2 Å². The molecule has 0 aromatic carbocycles. The SMILES string of the molecule is Cc1cc(C)n2nc(CC3C(=O)CC(CCc4cnn(C(C)C)c4)(C4CCCC4)OC3=O)nc2n1. The number of ketones is 1. The number of cyclic esters (lactones) is 1. The molecule has 0 N–H and O–H groups in total. The molecule has 0 radical (unpaired) electrons. The molecule has 5 rings (SSSR count). The number of Topliss-reactive ketones (excluding diaryl/α,β-unsaturated/α-hetero) is 1. The van der Waals surface area contributed by atoms with Crippen LogP contribution in [0.5, 0.6) is 0 Å². The van der Waals surface area contributed by atoms with E-state index in [-0.39, 0.29) is 24.5 Å². The molecule has 2 unspecified atom stereocenters. The molecular formula is C26H34N6O3. The number of aromatic nitrogens is 6. The molecule has 1 saturated carbocycles. The number of rotatable bonds is 7. The Morgan fingerprint density at radius 1 is 1.17 bits per heavy atom. The number of aryl methyl sites for hydroxylation is 3. The van der Waals surface area contributed by atoms with Gasteiger partial charge < -0.3 is 4.74 Å². The van der Waals surface area contributed by atoms with Gasteiger partial charge >= 0.3 is 5.97 Å². The highest BCUT2D eigenvalue weighted by Crippen LogP contribution is 2.45. The van der Waals surface area contributed by atoms with Crippen molar-refractivity contribution in [3.05, 3.63) is 41.2 Å². The van der Waals surface area contributed by atoms with E-state index in [0.717, 1.165) is 49.1 Å². The van der Waals surface area contributed by atoms with Gasteiger partial charge in [0.1, 0.15) is 11.5 Å². The first kappa shape index (κ1) is 23.6. The maximum Gasteiger partial charge on any atom is 0.317 e. The van der Waals surface area contributed by atoms with Crippen LogP contribution in [0.1, 0.15) is 81.2 Å². The van der Waals surface area contributed by atoms with Gasteiger partial charge in [0.25, 0.3) is 5.78 Å². The van der Waals surface area contributed by atoms with E-state index in [1.807, 2.05) is 30.8 Å². The van der Waals surface area contributed by atoms with Gasteiger partial charge in [-0.05, 0) is 70.9 Å². The second kappa shape index (κ2) is 9.17. The van der Waals surface area contributed by atoms with Crippen molar-refractivity contribution in [3.8, 4) is 0 Å². The summed E-state index contributed by atoms with van der Waals surface area (Å²) in [5, 5.41) is 8.94. The number of carbonyl (C=O) groups excluding carboxylic acids is 2. The molecule has 4 heterocycles. The zero-order chi connectivity index (χ0) is 24.7. The summed E-state index contributed by atoms with van der Waals surface area (Å²) < 4.78 is 9.83. The predicted molar refractivity (Wildman–Crippen MR) is 129 cm³/mol. The van der Waals surface area contributed by atoms with Gasteiger partial charge in [-0.25, -0.2) is 9.50 Å². The van der Waals surface area contributed by atoms with E-state index in [9.17, 15) is 9.59 Å². The fourth-order valence-corrected chi connectivity index (χ4v) is 5.70. The molecule has 2 aliphatic rings. The van der Waals surface area contributed by atoms with Crippen LogP contribution in [0.25, 0.3) is 5.78 Å². The van der Waals surface area contributed by atoms with Crippen LogP contribution < -0.4 is 0 Å². The summed E-state index contributed by atoms with van der Waals surface area (Å²) in [6.07, 6.45) is 9.92. The second-order valence-electron chi connectivity index (χ2n) is 10.6. The molecule has 0 amide bonds. The van der Waals surface area contributed by atoms with Crippen molar-refractivity contribution in [3.63, 3.8) is 0 Å². The highest BCUT2D eigenvalue weighted by molar-refractivity contribution is 6.01. The summed E-state index contributed by atoms with van der Waals surface area (Å²) in [6, 6.07) is 2.21. The molecule has 186 valence electrons. The van der Waals surface area contributed by atoms with Gasteiger partial charge in [-0.3, -0.25) is 14.3 Å². The molecule has 2 fully saturated rings. The van der Waals surface area contributed by atoms with E-state index in [1.54, 1.807) is 4.52 Å². The highest BCUT2D eigenvalue weighted by Gasteiger charge is 2.51. The predicted octanol–water partition coefficient (Wildman–Crippen LogP) is 3.76. The van der Waals surface area contributed by atoms with Crippen LogP contribution in [0, 0.1) is 25.7 Å². The summed E-state index contributed by atoms with van der Waals surface area (Å²) >= 11 is 0. The van der Waals surface area contributed by atoms with E-state index < -0.39 is 17.5 Å². The molecular weight excluding hydrogens is 444 g/mol. The Hall–Kier alpha value is -3.10. The number of fused-ring (bicyclic) bond motifs is 1. The lowest BCUT2D eigenvalue weighted by molar-refractivity contribution is -0.185. The zero-order valence-corrected chi connectivity index (χ0v) is 21.0. The van der Waals surface area contributed by atoms with Crippen molar-refractivity contribution in [1.82, 2.24) is 29.4 Å². The van der Waals surface area contributed by atoms with Crippen LogP contribution in [0.3, 0.4) is 0 Å². The van der Waals surface area contributed by atoms with Crippen molar-refractivity contribution in [1.29, 1.82) is 0 Å². The van der Waals surface area contributed by atoms with Crippen molar-refractivity contribution < 1.29 is 14.3 Å². The highest BCUT2D eigenvalue weighted by atomic mass is 16.6. The number of nitrogens with zero attached hydrogens (tertiary/aromatic N) is 6. The van der Waals surface area contributed by atoms with Gasteiger partial charge in [0.15, 0.2) is 11.6 Å². The quantitative estimate of drug-likeness (QED) is 0.376. The van der Waals surface area contributed by atoms with Gasteiger partial charge in [-0.2, -0.15) is 10.1 Å². The molecule has 0 spiro atoms. The lowest BCUT2D eigenvalue weighted by Gasteiger charge is -2.43. The van der Waals surface area contributed by atoms with Crippen LogP contribution in [0.2, 0.25) is 0 Å². The molecule has 3 aromatic heterocycles. The third-order valence-corrected chi connectivity index (χ3v) is 7.62. The first-order chi connectivity index (χ1) is 16.7. The lowest BCUT2D eigenvalue weighted by atomic mass is 9.74. The Labute approximate surface area is 205 Å². The third kappa shape index (κ3) is 4.60. The topological polar surface area (TPSA) is 104 Å². The Morgan fingerprint density at radius 2 is 1.94 bits per heavy atom. The minimum absolute atomic E-state index is 0.0641. The van der Waals surface area contributed by atoms with Crippen molar-refractivity contribution in [2.45, 2.75) is 90.7 Å². The number of hydrogen-bond donors (Lipinski definition) is 0. The van der Waals surface area contributed by atoms with Gasteiger partial charge in [0.05, 0.1) is 6.20 Å². The lowest BCUT2D eigenvalue weighted by Crippen LogP contribution is -2.52. The zero-order valence-electron chi connectivity index (χ0n) is 21.0. The summed E-state index contributed by atoms with van der Waals surface area (Å²) in [5.74, 6) is -0.226. The van der Waals surface area contributed by atoms with Crippen LogP contribution in [-0.4, -0.2) is 46.7 Å². The first-order valence-electron chi connectivity index (χ1n) is 12.7. The molecule has 0 bridgehead atoms. The number of hydrogen-bond acceptors (Lipinski definition) is 7. The monoisotopic (exact) mass is 478 g/mol. The molecule has 2 atom stereocenters. The molecule has 1 aliphatic carbocycles. The van der Waals surface area contributed by atoms with Crippen LogP contribution in [0.15, 0.2) is 18.5 Å². The molecule has 1 saturated heterocycles. The van der Waals surface area contributed by atoms with Crippen molar-refractivity contribution >= 4 is 17.5 Å². The van der Waals surface area contributed by atoms with Crippen molar-refractivity contribution in [2.24, 2.45) is 11.8 Å². The first-order valence-corrected chi connectivity index (χ1v) is 12.7. The van der Waals surface area contributed by atoms with E-state index in [1.165, 1.54) is 0 Å². The molecule has 1 aliphatic heterocycles. The number of ether oxygens (including phenoxy) is 1. The maximum atomic E-state index is 13.4. The summed E-state index contributed by atoms with van der Waals surface area (Å²) in [6.45, 7) is 8.02. The Bertz CT molecular complexity index is 1240. The minimum atomic E-state index is -0.868. The summed E-state index contributed by atoms with van der Waals surface area (Å²) in [5.41, 5.74) is 2.13. The van der Waals surface area contributed by atoms with E-state index >= 15 is 0 Å². The van der Waals surface area contributed by atoms with Crippen LogP contribution in [0.4, 0.5) is 0 Å². The summed E-state index contributed by atoms with van der Waals surface area (Å²) in [7, 11) is 0. The van der Waals surface area contributed by atoms with Crippen molar-refractivity contribution in [2.75, 3.05) is 0 Å². The number of carbonyl (C=O) groups is 2. The number of esters is 1. The average molecular weight is 479 g/mol. The molecule has 3 aromatic rings. The Balaban J connectivity index is 1.34. The van der Waals surface area contributed by atoms with E-state index in [4.69, 9.17) is 4.74 Å². The fraction of sp³-hybridized carbons (Fsp3) is 0.615. The van der Waals surface area contributed by atoms with Crippen LogP contribution >= 0.6 is 0 Å². The standard InChI is InChI=1S/C26H34N6O3/c1-16(2)31-15-19(14-27-31)9-10-26(20-7-5-6-8-20)13-22(33)21(24(34)35-26)12-23-29-25-28-17(3)11-18(4)32(25)30-23/h11,14-16,20-21H,5-10,12-13H2,1-4H3. The van der Waals surface area contributed by atoms with Crippen LogP contribution in [-0.2, 0) is 27.2 Å². The Kier molecular flexibility index (Phi) is 6.19. The Morgan fingerprint density at radius 3 is 2.63 bits per heavy atom. The molecule has 9 nitrogen and oxygen atoms in total. The molecule has 35 heavy (non-hydrogen) atoms. The third-order valence-electron chi connectivity index (χ3n) is 7.62. The average Bonchev–Trinajstić information content (AvgIpc) is 3.56. The smallest absolute Gasteiger partial charge is 0.317 e. The van der Waals surface area contributed by atoms with Gasteiger partial charge in [0, 0.05) is 36.5 Å². The largest absolute Gasteiger partial charge is 0.458 e. The van der Waals surface area contributed by atoms with Gasteiger partial charge in [-0.15, -0.1) is 5.10 Å². The van der Waals surface area contributed by atoms with Gasteiger partial charge in [0.2, 0.25) is 0 Å². The minimum Gasteiger partial charge on any atom is -0.458 e. The normalized spacial score (nSPS) is 23.5. The van der Waals surface area contributed by atoms with E-state index in [0.29, 0.717) is 24.1 Å². The summed E-state index contributed by atoms with van der Waals surface area (Å²) in [4.78, 5) is 35.6.